The molecule has 0 N–H and O–H groups in total. The first-order chi connectivity index (χ1) is 9.78. The first-order valence-electron chi connectivity index (χ1n) is 6.36. The zero-order valence-corrected chi connectivity index (χ0v) is 16.3. The molecule has 0 aliphatic heterocycles. The molecule has 21 heavy (non-hydrogen) atoms. The first-order valence-corrected chi connectivity index (χ1v) is 13.8. The molecule has 0 aliphatic rings. The van der Waals surface area contributed by atoms with Crippen molar-refractivity contribution in [2.75, 3.05) is 18.6 Å². The Morgan fingerprint density at radius 3 is 2.33 bits per heavy atom. The number of benzene rings is 1. The number of hydrogen-bond donors (Lipinski definition) is 0. The predicted molar refractivity (Wildman–Crippen MR) is 96.4 cm³/mol. The Labute approximate surface area is 139 Å². The maximum absolute atomic E-state index is 11.2. The molecule has 120 valence electrons. The average Bonchev–Trinajstić information content (AvgIpc) is 2.37. The molecule has 0 radical (unpaired) electrons. The third-order valence-corrected chi connectivity index (χ3v) is 9.72. The number of hydrogen-bond acceptors (Lipinski definition) is 7. The lowest BCUT2D eigenvalue weighted by Crippen LogP contribution is -1.96. The highest BCUT2D eigenvalue weighted by atomic mass is 33.1. The van der Waals surface area contributed by atoms with E-state index in [0.29, 0.717) is 17.3 Å². The largest absolute Gasteiger partial charge is 0.436 e. The van der Waals surface area contributed by atoms with Gasteiger partial charge < -0.3 is 9.05 Å². The first kappa shape index (κ1) is 19.3. The van der Waals surface area contributed by atoms with Crippen LogP contribution in [0.4, 0.5) is 0 Å². The van der Waals surface area contributed by atoms with Crippen molar-refractivity contribution in [3.05, 3.63) is 24.3 Å². The highest BCUT2D eigenvalue weighted by Crippen LogP contribution is 2.60. The molecule has 1 aromatic carbocycles. The molecular weight excluding hydrogens is 367 g/mol. The minimum Gasteiger partial charge on any atom is -0.436 e. The Hall–Kier alpha value is 0.280. The van der Waals surface area contributed by atoms with Gasteiger partial charge in [0, 0.05) is 27.7 Å². The van der Waals surface area contributed by atoms with Crippen LogP contribution in [0.5, 0.6) is 5.75 Å². The van der Waals surface area contributed by atoms with Crippen molar-refractivity contribution < 1.29 is 17.5 Å². The molecule has 1 rings (SSSR count). The second kappa shape index (κ2) is 8.79. The van der Waals surface area contributed by atoms with Gasteiger partial charge in [0.25, 0.3) is 5.69 Å². The van der Waals surface area contributed by atoms with Crippen molar-refractivity contribution in [2.24, 2.45) is 0 Å². The molecule has 0 aromatic heterocycles. The zero-order chi connectivity index (χ0) is 15.9. The molecule has 0 aliphatic carbocycles. The summed E-state index contributed by atoms with van der Waals surface area (Å²) in [5.41, 5.74) is -2.39. The van der Waals surface area contributed by atoms with Crippen LogP contribution in [0.1, 0.15) is 20.3 Å². The van der Waals surface area contributed by atoms with Gasteiger partial charge >= 0.3 is 0 Å². The van der Waals surface area contributed by atoms with E-state index in [9.17, 15) is 8.42 Å². The summed E-state index contributed by atoms with van der Waals surface area (Å²) in [4.78, 5) is 0.649. The van der Waals surface area contributed by atoms with Gasteiger partial charge in [0.1, 0.15) is 5.75 Å². The van der Waals surface area contributed by atoms with Gasteiger partial charge in [-0.2, -0.15) is 0 Å². The smallest absolute Gasteiger partial charge is 0.297 e. The molecule has 0 bridgehead atoms. The second-order valence-corrected chi connectivity index (χ2v) is 14.8. The topological polar surface area (TPSA) is 52.6 Å². The molecule has 0 heterocycles. The van der Waals surface area contributed by atoms with Crippen molar-refractivity contribution >= 4 is 48.5 Å². The predicted octanol–water partition coefficient (Wildman–Crippen LogP) is 4.52. The summed E-state index contributed by atoms with van der Waals surface area (Å²) >= 11 is 7.04. The van der Waals surface area contributed by atoms with E-state index in [1.54, 1.807) is 24.3 Å². The zero-order valence-electron chi connectivity index (χ0n) is 12.1. The molecular formula is C12H19O4PS4. The molecule has 4 nitrogen and oxygen atoms in total. The van der Waals surface area contributed by atoms with Crippen LogP contribution >= 0.6 is 27.9 Å². The minimum atomic E-state index is -3.11. The van der Waals surface area contributed by atoms with Gasteiger partial charge in [0.15, 0.2) is 0 Å². The van der Waals surface area contributed by atoms with Crippen LogP contribution in [0.25, 0.3) is 0 Å². The minimum absolute atomic E-state index is 0.510. The monoisotopic (exact) mass is 386 g/mol. The molecule has 9 heteroatoms. The van der Waals surface area contributed by atoms with Crippen LogP contribution in [0.15, 0.2) is 29.2 Å². The van der Waals surface area contributed by atoms with E-state index in [-0.39, 0.29) is 0 Å². The van der Waals surface area contributed by atoms with Crippen LogP contribution in [0.2, 0.25) is 0 Å². The van der Waals surface area contributed by atoms with Crippen molar-refractivity contribution in [1.82, 2.24) is 0 Å². The molecule has 0 spiro atoms. The summed E-state index contributed by atoms with van der Waals surface area (Å²) in [5.74, 6) is 1.49. The molecule has 0 fully saturated rings. The van der Waals surface area contributed by atoms with Gasteiger partial charge in [-0.25, -0.2) is 8.42 Å². The lowest BCUT2D eigenvalue weighted by molar-refractivity contribution is 0.344. The van der Waals surface area contributed by atoms with Crippen LogP contribution in [0, 0.1) is 0 Å². The van der Waals surface area contributed by atoms with E-state index in [0.717, 1.165) is 23.0 Å². The number of rotatable bonds is 9. The molecule has 0 amide bonds. The summed E-state index contributed by atoms with van der Waals surface area (Å²) in [6.45, 7) is 4.48. The Balaban J connectivity index is 2.78. The van der Waals surface area contributed by atoms with Crippen LogP contribution < -0.4 is 4.52 Å². The lowest BCUT2D eigenvalue weighted by atomic mass is 10.3. The lowest BCUT2D eigenvalue weighted by Gasteiger charge is -2.21. The summed E-state index contributed by atoms with van der Waals surface area (Å²) < 4.78 is 33.9. The van der Waals surface area contributed by atoms with E-state index in [1.807, 2.05) is 6.92 Å². The molecule has 1 unspecified atom stereocenters. The second-order valence-electron chi connectivity index (χ2n) is 4.05. The Morgan fingerprint density at radius 2 is 1.86 bits per heavy atom. The van der Waals surface area contributed by atoms with Crippen molar-refractivity contribution in [3.8, 4) is 5.75 Å². The van der Waals surface area contributed by atoms with E-state index < -0.39 is 14.6 Å². The fourth-order valence-corrected chi connectivity index (χ4v) is 7.99. The summed E-state index contributed by atoms with van der Waals surface area (Å²) in [5, 5.41) is 0. The van der Waals surface area contributed by atoms with Crippen molar-refractivity contribution in [3.63, 3.8) is 0 Å². The van der Waals surface area contributed by atoms with Gasteiger partial charge in [-0.05, 0) is 49.4 Å². The van der Waals surface area contributed by atoms with E-state index >= 15 is 0 Å². The standard InChI is InChI=1S/C12H19O4PS4/c1-4-10-19-17(18,15-5-2)16-11-6-8-12(9-7-11)20-21(3,13)14/h6-9H,4-5,10H2,1-3H3. The van der Waals surface area contributed by atoms with E-state index in [2.05, 4.69) is 6.92 Å². The molecule has 1 atom stereocenters. The van der Waals surface area contributed by atoms with Gasteiger partial charge in [-0.15, -0.1) is 0 Å². The van der Waals surface area contributed by atoms with Crippen LogP contribution in [0.3, 0.4) is 0 Å². The summed E-state index contributed by atoms with van der Waals surface area (Å²) in [6, 6.07) is 6.86. The van der Waals surface area contributed by atoms with E-state index in [1.165, 1.54) is 17.6 Å². The van der Waals surface area contributed by atoms with Crippen molar-refractivity contribution in [2.45, 2.75) is 25.2 Å². The van der Waals surface area contributed by atoms with Crippen LogP contribution in [-0.2, 0) is 25.2 Å². The molecule has 1 aromatic rings. The molecule has 0 saturated carbocycles. The Kier molecular flexibility index (Phi) is 8.09. The fraction of sp³-hybridized carbons (Fsp3) is 0.500. The van der Waals surface area contributed by atoms with Gasteiger partial charge in [0.2, 0.25) is 8.87 Å². The maximum atomic E-state index is 11.2. The highest BCUT2D eigenvalue weighted by molar-refractivity contribution is 8.71. The van der Waals surface area contributed by atoms with Crippen LogP contribution in [-0.4, -0.2) is 27.0 Å². The van der Waals surface area contributed by atoms with Gasteiger partial charge in [0.05, 0.1) is 6.61 Å². The summed E-state index contributed by atoms with van der Waals surface area (Å²) in [7, 11) is -2.30. The Bertz CT molecular complexity index is 586. The van der Waals surface area contributed by atoms with Gasteiger partial charge in [-0.3, -0.25) is 0 Å². The summed E-state index contributed by atoms with van der Waals surface area (Å²) in [6.07, 6.45) is 2.18. The normalized spacial score (nSPS) is 14.6. The van der Waals surface area contributed by atoms with Gasteiger partial charge in [-0.1, -0.05) is 18.3 Å². The van der Waals surface area contributed by atoms with E-state index in [4.69, 9.17) is 20.9 Å². The Morgan fingerprint density at radius 1 is 1.24 bits per heavy atom. The average molecular weight is 387 g/mol. The quantitative estimate of drug-likeness (QED) is 0.457. The maximum Gasteiger partial charge on any atom is 0.297 e. The third kappa shape index (κ3) is 7.90. The van der Waals surface area contributed by atoms with Crippen molar-refractivity contribution in [1.29, 1.82) is 0 Å². The highest BCUT2D eigenvalue weighted by Gasteiger charge is 2.20. The SMILES string of the molecule is CCCSP(=S)(OCC)Oc1ccc(SS(C)(=O)=O)cc1. The third-order valence-electron chi connectivity index (χ3n) is 2.03. The molecule has 0 saturated heterocycles. The fourth-order valence-electron chi connectivity index (χ4n) is 1.31.